The number of allylic oxidation sites excluding steroid dienone is 3. The number of nitriles is 1. The van der Waals surface area contributed by atoms with Crippen molar-refractivity contribution in [1.82, 2.24) is 15.4 Å². The standard InChI is InChI=1S/C18H13F3N4O2/c19-18(20,21)13-6-4-11(5-7-13)10-27-14-3-1-2-12(8-14)17(26)16-15(9-22)23-25-24-16/h1-4,6-8,11H,5,10H2,(H,23,24,25). The van der Waals surface area contributed by atoms with Gasteiger partial charge in [0.25, 0.3) is 0 Å². The molecule has 1 aromatic heterocycles. The van der Waals surface area contributed by atoms with Crippen LogP contribution in [0.1, 0.15) is 28.2 Å². The highest BCUT2D eigenvalue weighted by Crippen LogP contribution is 2.31. The third-order valence-corrected chi connectivity index (χ3v) is 3.94. The van der Waals surface area contributed by atoms with Gasteiger partial charge in [0.05, 0.1) is 12.2 Å². The van der Waals surface area contributed by atoms with Crippen molar-refractivity contribution in [2.75, 3.05) is 6.61 Å². The Morgan fingerprint density at radius 3 is 2.85 bits per heavy atom. The van der Waals surface area contributed by atoms with E-state index in [0.29, 0.717) is 5.75 Å². The number of hydrogen-bond donors (Lipinski definition) is 1. The van der Waals surface area contributed by atoms with Crippen molar-refractivity contribution < 1.29 is 22.7 Å². The van der Waals surface area contributed by atoms with Crippen molar-refractivity contribution in [3.8, 4) is 11.8 Å². The van der Waals surface area contributed by atoms with Gasteiger partial charge >= 0.3 is 6.18 Å². The monoisotopic (exact) mass is 374 g/mol. The average Bonchev–Trinajstić information content (AvgIpc) is 3.14. The number of H-pyrrole nitrogens is 1. The maximum atomic E-state index is 12.6. The summed E-state index contributed by atoms with van der Waals surface area (Å²) in [5, 5.41) is 18.4. The van der Waals surface area contributed by atoms with Crippen LogP contribution in [0.2, 0.25) is 0 Å². The molecule has 0 radical (unpaired) electrons. The molecule has 0 bridgehead atoms. The lowest BCUT2D eigenvalue weighted by Crippen LogP contribution is -2.16. The number of nitrogens with zero attached hydrogens (tertiary/aromatic N) is 3. The van der Waals surface area contributed by atoms with Crippen molar-refractivity contribution in [3.63, 3.8) is 0 Å². The van der Waals surface area contributed by atoms with Crippen molar-refractivity contribution in [2.45, 2.75) is 12.6 Å². The SMILES string of the molecule is N#Cc1n[nH]nc1C(=O)c1cccc(OCC2C=CC(C(F)(F)F)=CC2)c1. The number of aromatic amines is 1. The summed E-state index contributed by atoms with van der Waals surface area (Å²) in [5.41, 5.74) is -0.593. The Morgan fingerprint density at radius 2 is 2.19 bits per heavy atom. The molecular formula is C18H13F3N4O2. The van der Waals surface area contributed by atoms with Crippen molar-refractivity contribution in [1.29, 1.82) is 5.26 Å². The van der Waals surface area contributed by atoms with E-state index in [0.717, 1.165) is 12.2 Å². The molecule has 0 saturated heterocycles. The number of hydrogen-bond acceptors (Lipinski definition) is 5. The molecule has 1 atom stereocenters. The van der Waals surface area contributed by atoms with Crippen LogP contribution in [0.4, 0.5) is 13.2 Å². The second-order valence-electron chi connectivity index (χ2n) is 5.81. The summed E-state index contributed by atoms with van der Waals surface area (Å²) in [4.78, 5) is 12.4. The first-order valence-electron chi connectivity index (χ1n) is 7.92. The van der Waals surface area contributed by atoms with E-state index >= 15 is 0 Å². The van der Waals surface area contributed by atoms with Crippen molar-refractivity contribution in [2.24, 2.45) is 5.92 Å². The highest BCUT2D eigenvalue weighted by atomic mass is 19.4. The van der Waals surface area contributed by atoms with Crippen LogP contribution in [0, 0.1) is 17.2 Å². The molecule has 2 aromatic rings. The zero-order chi connectivity index (χ0) is 19.4. The van der Waals surface area contributed by atoms with Gasteiger partial charge in [-0.05, 0) is 18.6 Å². The summed E-state index contributed by atoms with van der Waals surface area (Å²) >= 11 is 0. The summed E-state index contributed by atoms with van der Waals surface area (Å²) < 4.78 is 43.4. The van der Waals surface area contributed by atoms with Gasteiger partial charge in [-0.1, -0.05) is 30.4 Å². The first-order valence-corrected chi connectivity index (χ1v) is 7.92. The molecule has 0 spiro atoms. The Hall–Kier alpha value is -3.41. The van der Waals surface area contributed by atoms with Crippen LogP contribution in [0.25, 0.3) is 0 Å². The van der Waals surface area contributed by atoms with Crippen LogP contribution in [0.3, 0.4) is 0 Å². The quantitative estimate of drug-likeness (QED) is 0.811. The lowest BCUT2D eigenvalue weighted by molar-refractivity contribution is -0.0887. The average molecular weight is 374 g/mol. The van der Waals surface area contributed by atoms with Gasteiger partial charge in [-0.3, -0.25) is 4.79 Å². The summed E-state index contributed by atoms with van der Waals surface area (Å²) in [7, 11) is 0. The fourth-order valence-electron chi connectivity index (χ4n) is 2.53. The lowest BCUT2D eigenvalue weighted by Gasteiger charge is -2.18. The molecule has 138 valence electrons. The lowest BCUT2D eigenvalue weighted by atomic mass is 9.97. The Balaban J connectivity index is 1.64. The normalized spacial score (nSPS) is 16.5. The van der Waals surface area contributed by atoms with E-state index in [2.05, 4.69) is 15.4 Å². The minimum absolute atomic E-state index is 0.0883. The number of nitrogens with one attached hydrogen (secondary N) is 1. The molecule has 1 aliphatic rings. The molecule has 0 aliphatic heterocycles. The zero-order valence-corrected chi connectivity index (χ0v) is 13.8. The third kappa shape index (κ3) is 4.23. The van der Waals surface area contributed by atoms with Crippen LogP contribution < -0.4 is 4.74 Å². The van der Waals surface area contributed by atoms with Crippen LogP contribution >= 0.6 is 0 Å². The van der Waals surface area contributed by atoms with Crippen molar-refractivity contribution >= 4 is 5.78 Å². The zero-order valence-electron chi connectivity index (χ0n) is 13.8. The molecule has 1 aliphatic carbocycles. The van der Waals surface area contributed by atoms with Gasteiger partial charge in [0.2, 0.25) is 5.78 Å². The van der Waals surface area contributed by atoms with Crippen LogP contribution in [-0.2, 0) is 0 Å². The minimum atomic E-state index is -4.35. The number of benzene rings is 1. The molecule has 0 amide bonds. The fourth-order valence-corrected chi connectivity index (χ4v) is 2.53. The Bertz CT molecular complexity index is 954. The van der Waals surface area contributed by atoms with Gasteiger partial charge in [-0.2, -0.15) is 28.7 Å². The second-order valence-corrected chi connectivity index (χ2v) is 5.81. The molecule has 0 saturated carbocycles. The number of ether oxygens (including phenoxy) is 1. The van der Waals surface area contributed by atoms with Crippen LogP contribution in [-0.4, -0.2) is 34.0 Å². The molecule has 1 unspecified atom stereocenters. The highest BCUT2D eigenvalue weighted by Gasteiger charge is 2.33. The topological polar surface area (TPSA) is 91.7 Å². The number of alkyl halides is 3. The number of rotatable bonds is 5. The molecule has 1 aromatic carbocycles. The summed E-state index contributed by atoms with van der Waals surface area (Å²) in [5.74, 6) is -0.292. The predicted molar refractivity (Wildman–Crippen MR) is 87.9 cm³/mol. The van der Waals surface area contributed by atoms with Gasteiger partial charge in [-0.15, -0.1) is 5.10 Å². The van der Waals surface area contributed by atoms with Gasteiger partial charge in [-0.25, -0.2) is 0 Å². The van der Waals surface area contributed by atoms with E-state index in [1.54, 1.807) is 24.3 Å². The van der Waals surface area contributed by atoms with E-state index in [1.807, 2.05) is 0 Å². The first-order chi connectivity index (χ1) is 12.9. The van der Waals surface area contributed by atoms with Crippen LogP contribution in [0.15, 0.2) is 48.1 Å². The molecule has 1 N–H and O–H groups in total. The maximum absolute atomic E-state index is 12.6. The number of carbonyl (C=O) groups excluding carboxylic acids is 1. The Kier molecular flexibility index (Phi) is 5.07. The van der Waals surface area contributed by atoms with E-state index in [-0.39, 0.29) is 35.9 Å². The minimum Gasteiger partial charge on any atom is -0.493 e. The summed E-state index contributed by atoms with van der Waals surface area (Å²) in [6.07, 6.45) is -0.477. The van der Waals surface area contributed by atoms with Crippen molar-refractivity contribution in [3.05, 3.63) is 65.0 Å². The fraction of sp³-hybridized carbons (Fsp3) is 0.222. The number of halogens is 3. The number of ketones is 1. The molecular weight excluding hydrogens is 361 g/mol. The van der Waals surface area contributed by atoms with Gasteiger partial charge in [0, 0.05) is 11.5 Å². The predicted octanol–water partition coefficient (Wildman–Crippen LogP) is 3.35. The van der Waals surface area contributed by atoms with Gasteiger partial charge in [0.1, 0.15) is 11.8 Å². The largest absolute Gasteiger partial charge is 0.493 e. The molecule has 9 heteroatoms. The van der Waals surface area contributed by atoms with Gasteiger partial charge in [0.15, 0.2) is 11.4 Å². The molecule has 0 fully saturated rings. The maximum Gasteiger partial charge on any atom is 0.416 e. The molecule has 27 heavy (non-hydrogen) atoms. The van der Waals surface area contributed by atoms with E-state index in [9.17, 15) is 18.0 Å². The van der Waals surface area contributed by atoms with E-state index < -0.39 is 17.5 Å². The highest BCUT2D eigenvalue weighted by molar-refractivity contribution is 6.08. The summed E-state index contributed by atoms with van der Waals surface area (Å²) in [6.45, 7) is 0.170. The van der Waals surface area contributed by atoms with E-state index in [1.165, 1.54) is 12.1 Å². The second kappa shape index (κ2) is 7.45. The summed E-state index contributed by atoms with van der Waals surface area (Å²) in [6, 6.07) is 8.04. The van der Waals surface area contributed by atoms with Gasteiger partial charge < -0.3 is 4.74 Å². The number of aromatic nitrogens is 3. The Morgan fingerprint density at radius 1 is 1.37 bits per heavy atom. The third-order valence-electron chi connectivity index (χ3n) is 3.94. The van der Waals surface area contributed by atoms with Crippen LogP contribution in [0.5, 0.6) is 5.75 Å². The molecule has 3 rings (SSSR count). The smallest absolute Gasteiger partial charge is 0.416 e. The molecule has 1 heterocycles. The first kappa shape index (κ1) is 18.4. The molecule has 6 nitrogen and oxygen atoms in total. The Labute approximate surface area is 152 Å². The number of carbonyl (C=O) groups is 1. The van der Waals surface area contributed by atoms with E-state index in [4.69, 9.17) is 10.00 Å².